The summed E-state index contributed by atoms with van der Waals surface area (Å²) in [4.78, 5) is 20.8. The Balaban J connectivity index is 2.16. The Morgan fingerprint density at radius 2 is 1.95 bits per heavy atom. The molecule has 0 bridgehead atoms. The Hall–Kier alpha value is -2.76. The van der Waals surface area contributed by atoms with Gasteiger partial charge in [0.05, 0.1) is 29.4 Å². The van der Waals surface area contributed by atoms with Crippen molar-refractivity contribution in [2.75, 3.05) is 26.8 Å². The maximum absolute atomic E-state index is 13.2. The van der Waals surface area contributed by atoms with Crippen LogP contribution in [0.25, 0.3) is 16.9 Å². The van der Waals surface area contributed by atoms with Gasteiger partial charge in [0.1, 0.15) is 11.6 Å². The number of aromatic nitrogens is 4. The molecular weight excluding hydrogens is 494 g/mol. The van der Waals surface area contributed by atoms with Crippen LogP contribution in [0.5, 0.6) is 5.75 Å². The number of hydrogen-bond donors (Lipinski definition) is 2. The quantitative estimate of drug-likeness (QED) is 0.301. The number of benzene rings is 1. The third-order valence-corrected chi connectivity index (χ3v) is 8.45. The lowest BCUT2D eigenvalue weighted by molar-refractivity contribution is 0.266. The summed E-state index contributed by atoms with van der Waals surface area (Å²) in [6.07, 6.45) is 6.39. The van der Waals surface area contributed by atoms with Crippen molar-refractivity contribution < 1.29 is 18.3 Å². The van der Waals surface area contributed by atoms with E-state index in [-0.39, 0.29) is 35.3 Å². The first-order chi connectivity index (χ1) is 17.7. The maximum atomic E-state index is 13.2. The number of imidazole rings is 1. The van der Waals surface area contributed by atoms with Gasteiger partial charge in [0, 0.05) is 19.5 Å². The maximum Gasteiger partial charge on any atom is 0.277 e. The smallest absolute Gasteiger partial charge is 0.277 e. The van der Waals surface area contributed by atoms with E-state index in [1.165, 1.54) is 25.6 Å². The summed E-state index contributed by atoms with van der Waals surface area (Å²) in [5.74, 6) is 1.48. The number of rotatable bonds is 14. The molecule has 0 aliphatic heterocycles. The molecule has 0 aliphatic carbocycles. The molecule has 0 fully saturated rings. The van der Waals surface area contributed by atoms with Crippen LogP contribution >= 0.6 is 0 Å². The summed E-state index contributed by atoms with van der Waals surface area (Å²) < 4.78 is 34.6. The number of ether oxygens (including phenoxy) is 1. The molecule has 1 atom stereocenters. The second-order valence-electron chi connectivity index (χ2n) is 9.21. The SMILES string of the molecule is CCCCCCC(CC)c1nc(C)c2c(=O)[nH]c(-c3cc(S(=O)(=O)N(C)CCO)ccc3OCC)nn12. The van der Waals surface area contributed by atoms with Crippen LogP contribution < -0.4 is 10.3 Å². The fourth-order valence-electron chi connectivity index (χ4n) is 4.49. The molecule has 0 aliphatic rings. The molecule has 0 amide bonds. The molecule has 11 heteroatoms. The van der Waals surface area contributed by atoms with Gasteiger partial charge in [-0.05, 0) is 44.9 Å². The second-order valence-corrected chi connectivity index (χ2v) is 11.3. The minimum atomic E-state index is -3.87. The van der Waals surface area contributed by atoms with Crippen molar-refractivity contribution in [2.45, 2.75) is 77.0 Å². The minimum absolute atomic E-state index is 0.00837. The number of sulfonamides is 1. The number of nitrogens with one attached hydrogen (secondary N) is 1. The van der Waals surface area contributed by atoms with Gasteiger partial charge in [-0.15, -0.1) is 5.10 Å². The summed E-state index contributed by atoms with van der Waals surface area (Å²) in [6.45, 7) is 7.92. The van der Waals surface area contributed by atoms with Crippen LogP contribution in [0.4, 0.5) is 0 Å². The van der Waals surface area contributed by atoms with Crippen LogP contribution in [-0.4, -0.2) is 64.2 Å². The van der Waals surface area contributed by atoms with E-state index in [0.29, 0.717) is 29.1 Å². The average molecular weight is 534 g/mol. The molecule has 3 aromatic rings. The number of aromatic amines is 1. The van der Waals surface area contributed by atoms with E-state index in [1.807, 2.05) is 6.92 Å². The molecule has 2 heterocycles. The van der Waals surface area contributed by atoms with E-state index in [2.05, 4.69) is 18.8 Å². The molecule has 2 aromatic heterocycles. The van der Waals surface area contributed by atoms with E-state index in [1.54, 1.807) is 17.5 Å². The Bertz CT molecular complexity index is 1370. The van der Waals surface area contributed by atoms with Crippen molar-refractivity contribution in [3.63, 3.8) is 0 Å². The van der Waals surface area contributed by atoms with E-state index in [0.717, 1.165) is 42.2 Å². The monoisotopic (exact) mass is 533 g/mol. The Kier molecular flexibility index (Phi) is 9.86. The lowest BCUT2D eigenvalue weighted by Crippen LogP contribution is -2.29. The van der Waals surface area contributed by atoms with Gasteiger partial charge in [-0.1, -0.05) is 39.5 Å². The van der Waals surface area contributed by atoms with Gasteiger partial charge >= 0.3 is 0 Å². The van der Waals surface area contributed by atoms with Crippen LogP contribution in [0.3, 0.4) is 0 Å². The van der Waals surface area contributed by atoms with E-state index >= 15 is 0 Å². The third-order valence-electron chi connectivity index (χ3n) is 6.59. The zero-order valence-corrected chi connectivity index (χ0v) is 23.3. The second kappa shape index (κ2) is 12.7. The van der Waals surface area contributed by atoms with Crippen molar-refractivity contribution >= 4 is 15.5 Å². The van der Waals surface area contributed by atoms with E-state index < -0.39 is 10.0 Å². The first kappa shape index (κ1) is 28.8. The molecule has 0 spiro atoms. The van der Waals surface area contributed by atoms with Gasteiger partial charge in [-0.25, -0.2) is 17.9 Å². The Morgan fingerprint density at radius 1 is 1.19 bits per heavy atom. The molecule has 1 unspecified atom stereocenters. The van der Waals surface area contributed by atoms with Crippen molar-refractivity contribution in [3.8, 4) is 17.1 Å². The zero-order valence-electron chi connectivity index (χ0n) is 22.5. The fourth-order valence-corrected chi connectivity index (χ4v) is 5.68. The Morgan fingerprint density at radius 3 is 2.59 bits per heavy atom. The molecule has 3 rings (SSSR count). The highest BCUT2D eigenvalue weighted by atomic mass is 32.2. The largest absolute Gasteiger partial charge is 0.493 e. The van der Waals surface area contributed by atoms with Gasteiger partial charge in [-0.2, -0.15) is 4.31 Å². The number of likely N-dealkylation sites (N-methyl/N-ethyl adjacent to an activating group) is 1. The molecule has 2 N–H and O–H groups in total. The van der Waals surface area contributed by atoms with Crippen molar-refractivity contribution in [1.29, 1.82) is 0 Å². The van der Waals surface area contributed by atoms with Crippen LogP contribution in [-0.2, 0) is 10.0 Å². The summed E-state index contributed by atoms with van der Waals surface area (Å²) >= 11 is 0. The normalized spacial score (nSPS) is 12.9. The molecule has 37 heavy (non-hydrogen) atoms. The van der Waals surface area contributed by atoms with Crippen molar-refractivity contribution in [1.82, 2.24) is 23.9 Å². The van der Waals surface area contributed by atoms with Crippen LogP contribution in [0.15, 0.2) is 27.9 Å². The summed E-state index contributed by atoms with van der Waals surface area (Å²) in [5.41, 5.74) is 0.993. The first-order valence-electron chi connectivity index (χ1n) is 13.0. The number of aliphatic hydroxyl groups is 1. The number of nitrogens with zero attached hydrogens (tertiary/aromatic N) is 4. The predicted octanol–water partition coefficient (Wildman–Crippen LogP) is 3.87. The summed E-state index contributed by atoms with van der Waals surface area (Å²) in [7, 11) is -2.47. The zero-order chi connectivity index (χ0) is 27.2. The molecule has 0 radical (unpaired) electrons. The number of hydrogen-bond acceptors (Lipinski definition) is 7. The first-order valence-corrected chi connectivity index (χ1v) is 14.5. The van der Waals surface area contributed by atoms with Gasteiger partial charge in [0.2, 0.25) is 10.0 Å². The predicted molar refractivity (Wildman–Crippen MR) is 144 cm³/mol. The molecule has 0 saturated carbocycles. The molecule has 0 saturated heterocycles. The molecular formula is C26H39N5O5S. The number of fused-ring (bicyclic) bond motifs is 1. The number of unbranched alkanes of at least 4 members (excludes halogenated alkanes) is 3. The van der Waals surface area contributed by atoms with Gasteiger partial charge in [0.15, 0.2) is 11.3 Å². The summed E-state index contributed by atoms with van der Waals surface area (Å²) in [6, 6.07) is 4.46. The molecule has 10 nitrogen and oxygen atoms in total. The van der Waals surface area contributed by atoms with E-state index in [4.69, 9.17) is 14.8 Å². The summed E-state index contributed by atoms with van der Waals surface area (Å²) in [5, 5.41) is 14.0. The lowest BCUT2D eigenvalue weighted by Gasteiger charge is -2.18. The highest BCUT2D eigenvalue weighted by Gasteiger charge is 2.25. The fraction of sp³-hybridized carbons (Fsp3) is 0.577. The van der Waals surface area contributed by atoms with Crippen LogP contribution in [0.1, 0.15) is 76.7 Å². The van der Waals surface area contributed by atoms with E-state index in [9.17, 15) is 18.3 Å². The third kappa shape index (κ3) is 6.22. The average Bonchev–Trinajstić information content (AvgIpc) is 3.21. The van der Waals surface area contributed by atoms with Crippen LogP contribution in [0, 0.1) is 6.92 Å². The van der Waals surface area contributed by atoms with Crippen molar-refractivity contribution in [2.24, 2.45) is 0 Å². The van der Waals surface area contributed by atoms with Gasteiger partial charge in [0.25, 0.3) is 5.56 Å². The lowest BCUT2D eigenvalue weighted by atomic mass is 9.97. The standard InChI is InChI=1S/C26H39N5O5S/c1-6-9-10-11-12-19(7-2)25-27-18(4)23-26(33)28-24(29-31(23)25)21-17-20(13-14-22(21)36-8-3)37(34,35)30(5)15-16-32/h13-14,17,19,32H,6-12,15-16H2,1-5H3,(H,28,29,33). The van der Waals surface area contributed by atoms with Gasteiger partial charge in [-0.3, -0.25) is 4.79 Å². The number of aryl methyl sites for hydroxylation is 1. The highest BCUT2D eigenvalue weighted by molar-refractivity contribution is 7.89. The highest BCUT2D eigenvalue weighted by Crippen LogP contribution is 2.32. The van der Waals surface area contributed by atoms with Gasteiger partial charge < -0.3 is 14.8 Å². The molecule has 1 aromatic carbocycles. The Labute approximate surface area is 218 Å². The molecule has 204 valence electrons. The van der Waals surface area contributed by atoms with Crippen molar-refractivity contribution in [3.05, 3.63) is 40.1 Å². The topological polar surface area (TPSA) is 130 Å². The number of H-pyrrole nitrogens is 1. The van der Waals surface area contributed by atoms with Crippen LogP contribution in [0.2, 0.25) is 0 Å². The number of aliphatic hydroxyl groups excluding tert-OH is 1. The minimum Gasteiger partial charge on any atom is -0.493 e.